The van der Waals surface area contributed by atoms with Gasteiger partial charge in [0.25, 0.3) is 0 Å². The Morgan fingerprint density at radius 2 is 1.81 bits per heavy atom. The van der Waals surface area contributed by atoms with E-state index in [1.54, 1.807) is 0 Å². The van der Waals surface area contributed by atoms with Crippen molar-refractivity contribution >= 4 is 11.6 Å². The van der Waals surface area contributed by atoms with Gasteiger partial charge in [-0.3, -0.25) is 0 Å². The van der Waals surface area contributed by atoms with Gasteiger partial charge in [-0.05, 0) is 49.4 Å². The monoisotopic (exact) mass is 364 g/mol. The van der Waals surface area contributed by atoms with Crippen molar-refractivity contribution in [2.24, 2.45) is 0 Å². The molecule has 2 aromatic heterocycles. The van der Waals surface area contributed by atoms with Crippen LogP contribution >= 0.6 is 0 Å². The number of likely N-dealkylation sites (N-methyl/N-ethyl adjacent to an activating group) is 1. The number of anilines is 2. The van der Waals surface area contributed by atoms with Gasteiger partial charge in [0, 0.05) is 20.1 Å². The van der Waals surface area contributed by atoms with Crippen LogP contribution in [-0.2, 0) is 19.0 Å². The smallest absolute Gasteiger partial charge is 0.352 e. The minimum absolute atomic E-state index is 0.152. The highest BCUT2D eigenvalue weighted by Gasteiger charge is 2.35. The van der Waals surface area contributed by atoms with Crippen LogP contribution in [0.25, 0.3) is 0 Å². The zero-order valence-electron chi connectivity index (χ0n) is 14.4. The molecule has 4 rings (SSSR count). The largest absolute Gasteiger partial charge is 0.435 e. The first-order valence-corrected chi connectivity index (χ1v) is 8.66. The number of nitrogens with zero attached hydrogens (tertiary/aromatic N) is 6. The lowest BCUT2D eigenvalue weighted by Crippen LogP contribution is -2.59. The van der Waals surface area contributed by atoms with Gasteiger partial charge in [0.05, 0.1) is 11.7 Å². The normalized spacial score (nSPS) is 17.6. The maximum atomic E-state index is 12.6. The molecule has 0 radical (unpaired) electrons. The summed E-state index contributed by atoms with van der Waals surface area (Å²) in [5.74, 6) is 1.30. The number of alkyl halides is 3. The minimum Gasteiger partial charge on any atom is -0.352 e. The van der Waals surface area contributed by atoms with Gasteiger partial charge >= 0.3 is 6.18 Å². The van der Waals surface area contributed by atoms with Crippen molar-refractivity contribution in [2.45, 2.75) is 37.9 Å². The molecule has 0 saturated carbocycles. The summed E-state index contributed by atoms with van der Waals surface area (Å²) in [6, 6.07) is 4.59. The lowest BCUT2D eigenvalue weighted by Gasteiger charge is -2.44. The number of fused-ring (bicyclic) bond motifs is 1. The number of hydrogen-bond acceptors (Lipinski definition) is 6. The van der Waals surface area contributed by atoms with Crippen molar-refractivity contribution in [3.8, 4) is 0 Å². The minimum atomic E-state index is -4.47. The van der Waals surface area contributed by atoms with Crippen LogP contribution < -0.4 is 9.80 Å². The maximum Gasteiger partial charge on any atom is 0.435 e. The summed E-state index contributed by atoms with van der Waals surface area (Å²) in [6.45, 7) is 1.46. The molecule has 0 bridgehead atoms. The molecule has 26 heavy (non-hydrogen) atoms. The molecule has 3 heterocycles. The van der Waals surface area contributed by atoms with Gasteiger partial charge in [-0.25, -0.2) is 0 Å². The fourth-order valence-corrected chi connectivity index (χ4v) is 3.37. The second-order valence-corrected chi connectivity index (χ2v) is 6.83. The molecular weight excluding hydrogens is 345 g/mol. The Bertz CT molecular complexity index is 786. The number of aryl methyl sites for hydroxylation is 2. The van der Waals surface area contributed by atoms with Crippen molar-refractivity contribution in [1.29, 1.82) is 0 Å². The second kappa shape index (κ2) is 6.37. The van der Waals surface area contributed by atoms with Gasteiger partial charge in [0.1, 0.15) is 0 Å². The Morgan fingerprint density at radius 1 is 1.04 bits per heavy atom. The Hall–Kier alpha value is -2.45. The number of rotatable bonds is 3. The van der Waals surface area contributed by atoms with Gasteiger partial charge in [0.15, 0.2) is 17.3 Å². The topological polar surface area (TPSA) is 58.0 Å². The van der Waals surface area contributed by atoms with Gasteiger partial charge in [-0.15, -0.1) is 15.3 Å². The van der Waals surface area contributed by atoms with E-state index >= 15 is 0 Å². The summed E-state index contributed by atoms with van der Waals surface area (Å²) >= 11 is 0. The number of aromatic nitrogens is 4. The molecule has 0 amide bonds. The van der Waals surface area contributed by atoms with Crippen molar-refractivity contribution in [1.82, 2.24) is 20.4 Å². The number of halogens is 3. The first kappa shape index (κ1) is 17.0. The van der Waals surface area contributed by atoms with Crippen LogP contribution in [0.1, 0.15) is 29.8 Å². The predicted molar refractivity (Wildman–Crippen MR) is 90.1 cm³/mol. The van der Waals surface area contributed by atoms with Crippen molar-refractivity contribution < 1.29 is 13.2 Å². The SMILES string of the molecule is CN(c1ccc(C(F)(F)F)nn1)C1CN(c2cc3c(nn2)CCCC3)C1. The lowest BCUT2D eigenvalue weighted by molar-refractivity contribution is -0.141. The third-order valence-corrected chi connectivity index (χ3v) is 5.09. The van der Waals surface area contributed by atoms with Gasteiger partial charge in [-0.1, -0.05) is 0 Å². The zero-order chi connectivity index (χ0) is 18.3. The summed E-state index contributed by atoms with van der Waals surface area (Å²) in [5.41, 5.74) is 1.41. The van der Waals surface area contributed by atoms with Gasteiger partial charge in [0.2, 0.25) is 0 Å². The van der Waals surface area contributed by atoms with Crippen LogP contribution in [0.3, 0.4) is 0 Å². The molecule has 6 nitrogen and oxygen atoms in total. The Labute approximate surface area is 149 Å². The molecule has 0 unspecified atom stereocenters. The van der Waals surface area contributed by atoms with E-state index in [0.29, 0.717) is 5.82 Å². The molecule has 0 aromatic carbocycles. The van der Waals surface area contributed by atoms with Crippen molar-refractivity contribution in [3.63, 3.8) is 0 Å². The molecule has 1 fully saturated rings. The molecule has 0 spiro atoms. The third kappa shape index (κ3) is 3.17. The average molecular weight is 364 g/mol. The summed E-state index contributed by atoms with van der Waals surface area (Å²) in [4.78, 5) is 3.98. The highest BCUT2D eigenvalue weighted by Crippen LogP contribution is 2.29. The first-order valence-electron chi connectivity index (χ1n) is 8.66. The van der Waals surface area contributed by atoms with Crippen LogP contribution in [0.2, 0.25) is 0 Å². The van der Waals surface area contributed by atoms with E-state index in [9.17, 15) is 13.2 Å². The Kier molecular flexibility index (Phi) is 4.16. The van der Waals surface area contributed by atoms with E-state index in [-0.39, 0.29) is 6.04 Å². The summed E-state index contributed by atoms with van der Waals surface area (Å²) in [7, 11) is 1.82. The molecule has 1 aliphatic heterocycles. The van der Waals surface area contributed by atoms with Crippen molar-refractivity contribution in [2.75, 3.05) is 29.9 Å². The van der Waals surface area contributed by atoms with E-state index in [0.717, 1.165) is 43.5 Å². The molecule has 2 aliphatic rings. The molecule has 1 saturated heterocycles. The van der Waals surface area contributed by atoms with Crippen molar-refractivity contribution in [3.05, 3.63) is 35.2 Å². The Morgan fingerprint density at radius 3 is 2.50 bits per heavy atom. The lowest BCUT2D eigenvalue weighted by atomic mass is 9.96. The average Bonchev–Trinajstić information content (AvgIpc) is 2.59. The molecule has 9 heteroatoms. The highest BCUT2D eigenvalue weighted by molar-refractivity contribution is 5.49. The van der Waals surface area contributed by atoms with E-state index in [1.165, 1.54) is 24.5 Å². The maximum absolute atomic E-state index is 12.6. The van der Waals surface area contributed by atoms with Gasteiger partial charge in [-0.2, -0.15) is 18.3 Å². The predicted octanol–water partition coefficient (Wildman–Crippen LogP) is 2.49. The van der Waals surface area contributed by atoms with E-state index < -0.39 is 11.9 Å². The van der Waals surface area contributed by atoms with Gasteiger partial charge < -0.3 is 9.80 Å². The summed E-state index contributed by atoms with van der Waals surface area (Å²) in [6.07, 6.45) is -0.0545. The fraction of sp³-hybridized carbons (Fsp3) is 0.529. The molecule has 2 aromatic rings. The number of hydrogen-bond donors (Lipinski definition) is 0. The molecular formula is C17H19F3N6. The Balaban J connectivity index is 1.40. The fourth-order valence-electron chi connectivity index (χ4n) is 3.37. The third-order valence-electron chi connectivity index (χ3n) is 5.09. The van der Waals surface area contributed by atoms with E-state index in [2.05, 4.69) is 31.4 Å². The molecule has 138 valence electrons. The van der Waals surface area contributed by atoms with E-state index in [4.69, 9.17) is 0 Å². The molecule has 0 atom stereocenters. The second-order valence-electron chi connectivity index (χ2n) is 6.83. The van der Waals surface area contributed by atoms with Crippen LogP contribution in [-0.4, -0.2) is 46.6 Å². The summed E-state index contributed by atoms with van der Waals surface area (Å²) < 4.78 is 37.7. The summed E-state index contributed by atoms with van der Waals surface area (Å²) in [5, 5.41) is 15.7. The quantitative estimate of drug-likeness (QED) is 0.834. The first-order chi connectivity index (χ1) is 12.4. The van der Waals surface area contributed by atoms with Crippen LogP contribution in [0, 0.1) is 0 Å². The van der Waals surface area contributed by atoms with E-state index in [1.807, 2.05) is 11.9 Å². The van der Waals surface area contributed by atoms with Crippen LogP contribution in [0.5, 0.6) is 0 Å². The molecule has 0 N–H and O–H groups in total. The zero-order valence-corrected chi connectivity index (χ0v) is 14.4. The van der Waals surface area contributed by atoms with Crippen LogP contribution in [0.15, 0.2) is 18.2 Å². The van der Waals surface area contributed by atoms with Crippen LogP contribution in [0.4, 0.5) is 24.8 Å². The molecule has 1 aliphatic carbocycles. The highest BCUT2D eigenvalue weighted by atomic mass is 19.4. The standard InChI is InChI=1S/C17H19F3N6/c1-25(15-7-6-14(22-23-15)17(18,19)20)12-9-26(10-12)16-8-11-4-2-3-5-13(11)21-24-16/h6-8,12H,2-5,9-10H2,1H3.